The van der Waals surface area contributed by atoms with E-state index in [1.165, 1.54) is 29.3 Å². The van der Waals surface area contributed by atoms with Crippen LogP contribution in [0.15, 0.2) is 61.4 Å². The zero-order valence-electron chi connectivity index (χ0n) is 16.3. The minimum atomic E-state index is -4.44. The third-order valence-corrected chi connectivity index (χ3v) is 6.35. The number of alkyl halides is 3. The van der Waals surface area contributed by atoms with Crippen LogP contribution in [-0.2, 0) is 11.0 Å². The Hall–Kier alpha value is -2.72. The van der Waals surface area contributed by atoms with Crippen LogP contribution in [0.5, 0.6) is 0 Å². The third-order valence-electron chi connectivity index (χ3n) is 4.05. The Kier molecular flexibility index (Phi) is 7.80. The lowest BCUT2D eigenvalue weighted by molar-refractivity contribution is -0.137. The van der Waals surface area contributed by atoms with Gasteiger partial charge in [-0.3, -0.25) is 4.79 Å². The quantitative estimate of drug-likeness (QED) is 0.220. The number of nitrogens with zero attached hydrogens (tertiary/aromatic N) is 2. The number of rotatable bonds is 9. The van der Waals surface area contributed by atoms with Gasteiger partial charge in [-0.15, -0.1) is 6.58 Å². The number of anilines is 3. The van der Waals surface area contributed by atoms with Crippen molar-refractivity contribution in [1.82, 2.24) is 9.97 Å². The molecule has 1 aromatic heterocycles. The smallest absolute Gasteiger partial charge is 0.340 e. The van der Waals surface area contributed by atoms with Gasteiger partial charge in [-0.05, 0) is 42.8 Å². The molecule has 162 valence electrons. The molecule has 5 nitrogen and oxygen atoms in total. The first-order chi connectivity index (χ1) is 14.9. The predicted molar refractivity (Wildman–Crippen MR) is 123 cm³/mol. The van der Waals surface area contributed by atoms with Crippen molar-refractivity contribution in [3.8, 4) is 0 Å². The molecule has 0 spiro atoms. The molecule has 1 heterocycles. The van der Waals surface area contributed by atoms with Gasteiger partial charge in [0.15, 0.2) is 0 Å². The van der Waals surface area contributed by atoms with E-state index in [9.17, 15) is 18.0 Å². The summed E-state index contributed by atoms with van der Waals surface area (Å²) >= 11 is 0. The fraction of sp³-hybridized carbons (Fsp3) is 0.190. The van der Waals surface area contributed by atoms with Gasteiger partial charge in [0.1, 0.15) is 12.1 Å². The maximum absolute atomic E-state index is 13.0. The standard InChI is InChI=1S/C21H19F3N4OS2/c1-2-3-9-30-31-12-19(29)27-16-7-8-18-17(11-16)20(26-13-25-18)28-15-6-4-5-14(10-15)21(22,23)24/h2,4-8,10-11,13H,1,3,9,12H2,(H,27,29)(H,25,26,28). The largest absolute Gasteiger partial charge is 0.416 e. The molecule has 0 unspecified atom stereocenters. The average molecular weight is 465 g/mol. The minimum absolute atomic E-state index is 0.153. The maximum atomic E-state index is 13.0. The normalized spacial score (nSPS) is 11.3. The summed E-state index contributed by atoms with van der Waals surface area (Å²) < 4.78 is 38.9. The fourth-order valence-corrected chi connectivity index (χ4v) is 4.48. The van der Waals surface area contributed by atoms with Gasteiger partial charge in [-0.1, -0.05) is 33.7 Å². The lowest BCUT2D eigenvalue weighted by Crippen LogP contribution is -2.13. The first kappa shape index (κ1) is 23.0. The van der Waals surface area contributed by atoms with Crippen LogP contribution in [0.2, 0.25) is 0 Å². The Bertz CT molecular complexity index is 1080. The lowest BCUT2D eigenvalue weighted by atomic mass is 10.1. The Balaban J connectivity index is 1.75. The van der Waals surface area contributed by atoms with Crippen molar-refractivity contribution < 1.29 is 18.0 Å². The summed E-state index contributed by atoms with van der Waals surface area (Å²) in [5, 5.41) is 6.31. The molecule has 3 rings (SSSR count). The summed E-state index contributed by atoms with van der Waals surface area (Å²) in [6.07, 6.45) is -0.403. The van der Waals surface area contributed by atoms with Crippen molar-refractivity contribution in [3.05, 3.63) is 67.0 Å². The van der Waals surface area contributed by atoms with Crippen LogP contribution < -0.4 is 10.6 Å². The van der Waals surface area contributed by atoms with Gasteiger partial charge >= 0.3 is 6.18 Å². The van der Waals surface area contributed by atoms with E-state index in [1.807, 2.05) is 6.08 Å². The Morgan fingerprint density at radius 1 is 1.10 bits per heavy atom. The van der Waals surface area contributed by atoms with Crippen molar-refractivity contribution in [2.75, 3.05) is 22.1 Å². The number of hydrogen-bond donors (Lipinski definition) is 2. The topological polar surface area (TPSA) is 66.9 Å². The van der Waals surface area contributed by atoms with Gasteiger partial charge in [0.25, 0.3) is 0 Å². The molecular formula is C21H19F3N4OS2. The average Bonchev–Trinajstić information content (AvgIpc) is 2.74. The van der Waals surface area contributed by atoms with Crippen LogP contribution >= 0.6 is 21.6 Å². The second-order valence-electron chi connectivity index (χ2n) is 6.37. The molecule has 10 heteroatoms. The molecule has 3 aromatic rings. The maximum Gasteiger partial charge on any atom is 0.416 e. The molecule has 0 fully saturated rings. The van der Waals surface area contributed by atoms with E-state index in [0.29, 0.717) is 28.2 Å². The zero-order valence-corrected chi connectivity index (χ0v) is 17.9. The summed E-state index contributed by atoms with van der Waals surface area (Å²) in [7, 11) is 3.06. The molecule has 2 aromatic carbocycles. The van der Waals surface area contributed by atoms with Crippen LogP contribution in [0.1, 0.15) is 12.0 Å². The SMILES string of the molecule is C=CCCSSCC(=O)Nc1ccc2ncnc(Nc3cccc(C(F)(F)F)c3)c2c1. The van der Waals surface area contributed by atoms with Gasteiger partial charge in [0.05, 0.1) is 16.8 Å². The Labute approximate surface area is 185 Å². The van der Waals surface area contributed by atoms with Gasteiger partial charge in [0.2, 0.25) is 5.91 Å². The van der Waals surface area contributed by atoms with Gasteiger partial charge < -0.3 is 10.6 Å². The summed E-state index contributed by atoms with van der Waals surface area (Å²) in [5.74, 6) is 1.37. The van der Waals surface area contributed by atoms with Gasteiger partial charge in [-0.25, -0.2) is 9.97 Å². The highest BCUT2D eigenvalue weighted by Gasteiger charge is 2.30. The second kappa shape index (κ2) is 10.5. The molecule has 0 saturated heterocycles. The van der Waals surface area contributed by atoms with E-state index in [2.05, 4.69) is 27.2 Å². The highest BCUT2D eigenvalue weighted by Crippen LogP contribution is 2.32. The molecule has 2 N–H and O–H groups in total. The number of fused-ring (bicyclic) bond motifs is 1. The van der Waals surface area contributed by atoms with Crippen molar-refractivity contribution in [2.24, 2.45) is 0 Å². The van der Waals surface area contributed by atoms with Crippen LogP contribution in [0.25, 0.3) is 10.9 Å². The van der Waals surface area contributed by atoms with E-state index >= 15 is 0 Å². The molecule has 0 atom stereocenters. The zero-order chi connectivity index (χ0) is 22.3. The molecule has 0 aliphatic heterocycles. The van der Waals surface area contributed by atoms with Crippen LogP contribution in [0, 0.1) is 0 Å². The number of carbonyl (C=O) groups excluding carboxylic acids is 1. The highest BCUT2D eigenvalue weighted by molar-refractivity contribution is 8.76. The molecule has 0 bridgehead atoms. The number of benzene rings is 2. The fourth-order valence-electron chi connectivity index (χ4n) is 2.63. The number of allylic oxidation sites excluding steroid dienone is 1. The molecule has 0 aliphatic rings. The number of carbonyl (C=O) groups is 1. The summed E-state index contributed by atoms with van der Waals surface area (Å²) in [5.41, 5.74) is 0.636. The molecule has 1 amide bonds. The molecular weight excluding hydrogens is 445 g/mol. The summed E-state index contributed by atoms with van der Waals surface area (Å²) in [6.45, 7) is 3.66. The van der Waals surface area contributed by atoms with Crippen LogP contribution in [-0.4, -0.2) is 27.4 Å². The molecule has 31 heavy (non-hydrogen) atoms. The monoisotopic (exact) mass is 464 g/mol. The lowest BCUT2D eigenvalue weighted by Gasteiger charge is -2.12. The molecule has 0 aliphatic carbocycles. The Morgan fingerprint density at radius 3 is 2.71 bits per heavy atom. The third kappa shape index (κ3) is 6.63. The van der Waals surface area contributed by atoms with E-state index in [0.717, 1.165) is 24.3 Å². The number of hydrogen-bond acceptors (Lipinski definition) is 6. The van der Waals surface area contributed by atoms with Crippen LogP contribution in [0.4, 0.5) is 30.4 Å². The van der Waals surface area contributed by atoms with Crippen molar-refractivity contribution in [1.29, 1.82) is 0 Å². The highest BCUT2D eigenvalue weighted by atomic mass is 33.1. The number of halogens is 3. The number of amides is 1. The van der Waals surface area contributed by atoms with Crippen molar-refractivity contribution in [3.63, 3.8) is 0 Å². The number of aromatic nitrogens is 2. The van der Waals surface area contributed by atoms with Crippen molar-refractivity contribution in [2.45, 2.75) is 12.6 Å². The molecule has 0 radical (unpaired) electrons. The van der Waals surface area contributed by atoms with E-state index < -0.39 is 11.7 Å². The van der Waals surface area contributed by atoms with Gasteiger partial charge in [0, 0.05) is 22.5 Å². The Morgan fingerprint density at radius 2 is 1.94 bits per heavy atom. The van der Waals surface area contributed by atoms with Gasteiger partial charge in [-0.2, -0.15) is 13.2 Å². The molecule has 0 saturated carbocycles. The first-order valence-corrected chi connectivity index (χ1v) is 11.7. The summed E-state index contributed by atoms with van der Waals surface area (Å²) in [6, 6.07) is 10.00. The van der Waals surface area contributed by atoms with Crippen molar-refractivity contribution >= 4 is 55.6 Å². The summed E-state index contributed by atoms with van der Waals surface area (Å²) in [4.78, 5) is 20.5. The first-order valence-electron chi connectivity index (χ1n) is 9.21. The predicted octanol–water partition coefficient (Wildman–Crippen LogP) is 6.29. The van der Waals surface area contributed by atoms with Crippen LogP contribution in [0.3, 0.4) is 0 Å². The minimum Gasteiger partial charge on any atom is -0.340 e. The van der Waals surface area contributed by atoms with E-state index in [4.69, 9.17) is 0 Å². The van der Waals surface area contributed by atoms with E-state index in [-0.39, 0.29) is 11.6 Å². The number of nitrogens with one attached hydrogen (secondary N) is 2. The van der Waals surface area contributed by atoms with E-state index in [1.54, 1.807) is 29.0 Å². The second-order valence-corrected chi connectivity index (χ2v) is 8.95.